The predicted octanol–water partition coefficient (Wildman–Crippen LogP) is 4.25. The number of carbonyl (C=O) groups excluding carboxylic acids is 1. The number of aliphatic hydroxyl groups excluding tert-OH is 1. The van der Waals surface area contributed by atoms with Crippen LogP contribution < -0.4 is 5.32 Å². The average molecular weight is 468 g/mol. The van der Waals surface area contributed by atoms with Crippen molar-refractivity contribution in [2.75, 3.05) is 13.2 Å². The van der Waals surface area contributed by atoms with Gasteiger partial charge in [0.05, 0.1) is 6.04 Å². The average Bonchev–Trinajstić information content (AvgIpc) is 3.32. The Morgan fingerprint density at radius 2 is 1.74 bits per heavy atom. The molecule has 34 heavy (non-hydrogen) atoms. The molecule has 0 aliphatic carbocycles. The number of hydrogen-bond acceptors (Lipinski definition) is 5. The van der Waals surface area contributed by atoms with Crippen LogP contribution in [0, 0.1) is 5.92 Å². The van der Waals surface area contributed by atoms with Crippen LogP contribution in [0.3, 0.4) is 0 Å². The largest absolute Gasteiger partial charge is 0.476 e. The van der Waals surface area contributed by atoms with E-state index < -0.39 is 24.3 Å². The summed E-state index contributed by atoms with van der Waals surface area (Å²) in [5, 5.41) is 23.4. The molecule has 3 atom stereocenters. The first-order valence-electron chi connectivity index (χ1n) is 11.6. The van der Waals surface area contributed by atoms with Gasteiger partial charge in [-0.1, -0.05) is 74.5 Å². The number of imide groups is 1. The molecule has 1 heterocycles. The molecule has 2 aromatic rings. The number of aliphatic hydroxyl groups is 1. The van der Waals surface area contributed by atoms with Gasteiger partial charge in [-0.3, -0.25) is 0 Å². The van der Waals surface area contributed by atoms with Crippen molar-refractivity contribution >= 4 is 18.0 Å². The van der Waals surface area contributed by atoms with E-state index in [1.807, 2.05) is 74.5 Å². The van der Waals surface area contributed by atoms with E-state index in [1.165, 1.54) is 0 Å². The molecule has 8 nitrogen and oxygen atoms in total. The van der Waals surface area contributed by atoms with Gasteiger partial charge in [-0.2, -0.15) is 0 Å². The zero-order valence-corrected chi connectivity index (χ0v) is 19.6. The second-order valence-electron chi connectivity index (χ2n) is 8.85. The van der Waals surface area contributed by atoms with Crippen molar-refractivity contribution in [3.63, 3.8) is 0 Å². The molecule has 0 aromatic heterocycles. The molecule has 1 aliphatic heterocycles. The van der Waals surface area contributed by atoms with Gasteiger partial charge in [0.2, 0.25) is 5.90 Å². The fraction of sp³-hybridized carbons (Fsp3) is 0.423. The molecule has 0 radical (unpaired) electrons. The standard InChI is InChI=1S/C26H33N3O5/c1-18(2)15-16-29(26(32)33)25(31)28-21(14-13-19-9-5-3-6-10-19)23(30)24-27-22(17-34-24)20-11-7-4-8-12-20/h3-12,18,21-23,30H,13-17H2,1-2H3,(H,28,31)(H,32,33)/t21-,22+,23?/m0/s1. The number of carboxylic acid groups (broad SMARTS) is 1. The molecular weight excluding hydrogens is 434 g/mol. The third-order valence-electron chi connectivity index (χ3n) is 5.79. The number of hydrogen-bond donors (Lipinski definition) is 3. The molecular formula is C26H33N3O5. The van der Waals surface area contributed by atoms with Crippen molar-refractivity contribution in [3.05, 3.63) is 71.8 Å². The number of carbonyl (C=O) groups is 2. The molecule has 182 valence electrons. The van der Waals surface area contributed by atoms with Crippen molar-refractivity contribution in [2.45, 2.75) is 51.3 Å². The summed E-state index contributed by atoms with van der Waals surface area (Å²) in [4.78, 5) is 29.9. The second kappa shape index (κ2) is 12.2. The maximum Gasteiger partial charge on any atom is 0.415 e. The quantitative estimate of drug-likeness (QED) is 0.484. The van der Waals surface area contributed by atoms with Crippen molar-refractivity contribution in [2.24, 2.45) is 10.9 Å². The number of amides is 3. The molecule has 0 spiro atoms. The van der Waals surface area contributed by atoms with E-state index in [-0.39, 0.29) is 24.4 Å². The Morgan fingerprint density at radius 1 is 1.09 bits per heavy atom. The van der Waals surface area contributed by atoms with Gasteiger partial charge in [-0.25, -0.2) is 19.5 Å². The maximum atomic E-state index is 12.9. The lowest BCUT2D eigenvalue weighted by Crippen LogP contribution is -2.53. The zero-order valence-electron chi connectivity index (χ0n) is 19.6. The summed E-state index contributed by atoms with van der Waals surface area (Å²) < 4.78 is 5.70. The number of nitrogens with zero attached hydrogens (tertiary/aromatic N) is 2. The van der Waals surface area contributed by atoms with E-state index in [9.17, 15) is 19.8 Å². The van der Waals surface area contributed by atoms with Gasteiger partial charge in [0, 0.05) is 6.54 Å². The van der Waals surface area contributed by atoms with Crippen LogP contribution in [0.2, 0.25) is 0 Å². The SMILES string of the molecule is CC(C)CCN(C(=O)O)C(=O)N[C@@H](CCc1ccccc1)C(O)C1=N[C@@H](c2ccccc2)CO1. The Kier molecular flexibility index (Phi) is 9.04. The molecule has 0 saturated heterocycles. The van der Waals surface area contributed by atoms with Crippen molar-refractivity contribution in [3.8, 4) is 0 Å². The normalized spacial score (nSPS) is 16.9. The van der Waals surface area contributed by atoms with E-state index in [2.05, 4.69) is 10.3 Å². The summed E-state index contributed by atoms with van der Waals surface area (Å²) in [7, 11) is 0. The number of aryl methyl sites for hydroxylation is 1. The van der Waals surface area contributed by atoms with E-state index in [4.69, 9.17) is 4.74 Å². The number of nitrogens with one attached hydrogen (secondary N) is 1. The predicted molar refractivity (Wildman–Crippen MR) is 130 cm³/mol. The minimum Gasteiger partial charge on any atom is -0.476 e. The number of ether oxygens (including phenoxy) is 1. The smallest absolute Gasteiger partial charge is 0.415 e. The van der Waals surface area contributed by atoms with Gasteiger partial charge in [-0.15, -0.1) is 0 Å². The van der Waals surface area contributed by atoms with Gasteiger partial charge in [-0.05, 0) is 36.3 Å². The molecule has 8 heteroatoms. The monoisotopic (exact) mass is 467 g/mol. The summed E-state index contributed by atoms with van der Waals surface area (Å²) >= 11 is 0. The molecule has 3 rings (SSSR count). The number of rotatable bonds is 10. The number of urea groups is 1. The first-order valence-corrected chi connectivity index (χ1v) is 11.6. The lowest BCUT2D eigenvalue weighted by Gasteiger charge is -2.27. The third-order valence-corrected chi connectivity index (χ3v) is 5.79. The molecule has 0 saturated carbocycles. The summed E-state index contributed by atoms with van der Waals surface area (Å²) in [6.07, 6.45) is -1.02. The van der Waals surface area contributed by atoms with Crippen molar-refractivity contribution in [1.82, 2.24) is 10.2 Å². The van der Waals surface area contributed by atoms with Crippen LogP contribution in [0.25, 0.3) is 0 Å². The van der Waals surface area contributed by atoms with Crippen LogP contribution in [0.5, 0.6) is 0 Å². The lowest BCUT2D eigenvalue weighted by atomic mass is 10.0. The van der Waals surface area contributed by atoms with Crippen LogP contribution in [-0.2, 0) is 11.2 Å². The minimum atomic E-state index is -1.33. The molecule has 3 amide bonds. The Morgan fingerprint density at radius 3 is 2.35 bits per heavy atom. The van der Waals surface area contributed by atoms with Gasteiger partial charge >= 0.3 is 12.1 Å². The van der Waals surface area contributed by atoms with Crippen LogP contribution >= 0.6 is 0 Å². The highest BCUT2D eigenvalue weighted by molar-refractivity contribution is 5.91. The van der Waals surface area contributed by atoms with Crippen LogP contribution in [0.1, 0.15) is 43.9 Å². The molecule has 1 unspecified atom stereocenters. The highest BCUT2D eigenvalue weighted by Gasteiger charge is 2.33. The highest BCUT2D eigenvalue weighted by atomic mass is 16.5. The Balaban J connectivity index is 1.75. The first-order chi connectivity index (χ1) is 16.3. The number of aliphatic imine (C=N–C) groups is 1. The molecule has 3 N–H and O–H groups in total. The molecule has 0 fully saturated rings. The second-order valence-corrected chi connectivity index (χ2v) is 8.85. The fourth-order valence-electron chi connectivity index (χ4n) is 3.76. The summed E-state index contributed by atoms with van der Waals surface area (Å²) in [5.74, 6) is 0.390. The van der Waals surface area contributed by atoms with E-state index >= 15 is 0 Å². The fourth-order valence-corrected chi connectivity index (χ4v) is 3.76. The Hall–Kier alpha value is -3.39. The topological polar surface area (TPSA) is 111 Å². The van der Waals surface area contributed by atoms with Gasteiger partial charge < -0.3 is 20.3 Å². The van der Waals surface area contributed by atoms with Crippen molar-refractivity contribution in [1.29, 1.82) is 0 Å². The van der Waals surface area contributed by atoms with E-state index in [0.717, 1.165) is 16.0 Å². The van der Waals surface area contributed by atoms with Crippen molar-refractivity contribution < 1.29 is 24.5 Å². The Bertz CT molecular complexity index is 965. The molecule has 1 aliphatic rings. The first kappa shape index (κ1) is 25.2. The van der Waals surface area contributed by atoms with Crippen LogP contribution in [0.15, 0.2) is 65.7 Å². The summed E-state index contributed by atoms with van der Waals surface area (Å²) in [5.41, 5.74) is 2.01. The van der Waals surface area contributed by atoms with Crippen LogP contribution in [0.4, 0.5) is 9.59 Å². The van der Waals surface area contributed by atoms with Gasteiger partial charge in [0.1, 0.15) is 18.8 Å². The minimum absolute atomic E-state index is 0.0772. The van der Waals surface area contributed by atoms with E-state index in [1.54, 1.807) is 0 Å². The molecule has 0 bridgehead atoms. The highest BCUT2D eigenvalue weighted by Crippen LogP contribution is 2.25. The van der Waals surface area contributed by atoms with E-state index in [0.29, 0.717) is 25.9 Å². The number of benzene rings is 2. The Labute approximate surface area is 200 Å². The van der Waals surface area contributed by atoms with Gasteiger partial charge in [0.25, 0.3) is 0 Å². The summed E-state index contributed by atoms with van der Waals surface area (Å²) in [6, 6.07) is 17.6. The zero-order chi connectivity index (χ0) is 24.5. The lowest BCUT2D eigenvalue weighted by molar-refractivity contribution is 0.130. The van der Waals surface area contributed by atoms with Crippen LogP contribution in [-0.4, -0.2) is 58.4 Å². The third kappa shape index (κ3) is 7.05. The molecule has 2 aromatic carbocycles. The van der Waals surface area contributed by atoms with Gasteiger partial charge in [0.15, 0.2) is 0 Å². The summed E-state index contributed by atoms with van der Waals surface area (Å²) in [6.45, 7) is 4.30. The maximum absolute atomic E-state index is 12.9.